The highest BCUT2D eigenvalue weighted by Crippen LogP contribution is 2.34. The first-order valence-electron chi connectivity index (χ1n) is 8.73. The number of rotatable bonds is 2. The SMILES string of the molecule is CC(C)C1CNC(C)(C)CN1C1CCN2CCCCC12. The highest BCUT2D eigenvalue weighted by molar-refractivity contribution is 5.02. The van der Waals surface area contributed by atoms with Gasteiger partial charge in [-0.25, -0.2) is 0 Å². The second kappa shape index (κ2) is 5.58. The average molecular weight is 279 g/mol. The van der Waals surface area contributed by atoms with Crippen LogP contribution in [0.15, 0.2) is 0 Å². The Morgan fingerprint density at radius 1 is 1.05 bits per heavy atom. The molecule has 3 rings (SSSR count). The van der Waals surface area contributed by atoms with Gasteiger partial charge < -0.3 is 5.32 Å². The van der Waals surface area contributed by atoms with Crippen molar-refractivity contribution >= 4 is 0 Å². The standard InChI is InChI=1S/C17H33N3/c1-13(2)16-11-18-17(3,4)12-20(16)15-8-10-19-9-6-5-7-14(15)19/h13-16,18H,5-12H2,1-4H3. The van der Waals surface area contributed by atoms with Gasteiger partial charge in [-0.15, -0.1) is 0 Å². The Labute approximate surface area is 125 Å². The van der Waals surface area contributed by atoms with E-state index in [1.54, 1.807) is 0 Å². The number of nitrogens with one attached hydrogen (secondary N) is 1. The molecule has 3 nitrogen and oxygen atoms in total. The van der Waals surface area contributed by atoms with Crippen LogP contribution in [0.1, 0.15) is 53.4 Å². The van der Waals surface area contributed by atoms with Crippen LogP contribution in [0.5, 0.6) is 0 Å². The molecule has 0 aromatic carbocycles. The lowest BCUT2D eigenvalue weighted by molar-refractivity contribution is 0.0115. The molecule has 0 bridgehead atoms. The Hall–Kier alpha value is -0.120. The lowest BCUT2D eigenvalue weighted by Gasteiger charge is -2.50. The molecule has 3 atom stereocenters. The largest absolute Gasteiger partial charge is 0.309 e. The maximum absolute atomic E-state index is 3.76. The third kappa shape index (κ3) is 2.77. The average Bonchev–Trinajstić information content (AvgIpc) is 2.80. The summed E-state index contributed by atoms with van der Waals surface area (Å²) < 4.78 is 0. The van der Waals surface area contributed by atoms with Crippen LogP contribution in [-0.4, -0.2) is 59.6 Å². The van der Waals surface area contributed by atoms with E-state index in [9.17, 15) is 0 Å². The Kier molecular flexibility index (Phi) is 4.13. The van der Waals surface area contributed by atoms with Gasteiger partial charge in [-0.05, 0) is 45.6 Å². The van der Waals surface area contributed by atoms with Gasteiger partial charge in [-0.2, -0.15) is 0 Å². The zero-order valence-corrected chi connectivity index (χ0v) is 13.9. The van der Waals surface area contributed by atoms with Crippen molar-refractivity contribution < 1.29 is 0 Å². The third-order valence-electron chi connectivity index (χ3n) is 5.81. The fourth-order valence-corrected chi connectivity index (χ4v) is 4.72. The second-order valence-corrected chi connectivity index (χ2v) is 8.20. The van der Waals surface area contributed by atoms with E-state index in [0.717, 1.165) is 30.6 Å². The summed E-state index contributed by atoms with van der Waals surface area (Å²) in [5.74, 6) is 0.747. The summed E-state index contributed by atoms with van der Waals surface area (Å²) in [5.41, 5.74) is 0.271. The maximum Gasteiger partial charge on any atom is 0.0268 e. The Bertz CT molecular complexity index is 339. The fraction of sp³-hybridized carbons (Fsp3) is 1.00. The molecule has 0 saturated carbocycles. The maximum atomic E-state index is 3.76. The van der Waals surface area contributed by atoms with Crippen molar-refractivity contribution in [1.82, 2.24) is 15.1 Å². The van der Waals surface area contributed by atoms with Crippen molar-refractivity contribution in [2.24, 2.45) is 5.92 Å². The molecule has 3 aliphatic rings. The molecule has 0 radical (unpaired) electrons. The van der Waals surface area contributed by atoms with Crippen LogP contribution in [-0.2, 0) is 0 Å². The molecule has 3 saturated heterocycles. The van der Waals surface area contributed by atoms with Gasteiger partial charge in [0.25, 0.3) is 0 Å². The molecular formula is C17H33N3. The van der Waals surface area contributed by atoms with Crippen LogP contribution in [0, 0.1) is 5.92 Å². The molecule has 0 amide bonds. The van der Waals surface area contributed by atoms with Crippen molar-refractivity contribution in [2.75, 3.05) is 26.2 Å². The van der Waals surface area contributed by atoms with E-state index in [1.807, 2.05) is 0 Å². The first kappa shape index (κ1) is 14.8. The molecule has 3 fully saturated rings. The number of fused-ring (bicyclic) bond motifs is 1. The summed E-state index contributed by atoms with van der Waals surface area (Å²) in [6.07, 6.45) is 5.69. The number of piperazine rings is 1. The Morgan fingerprint density at radius 3 is 2.60 bits per heavy atom. The van der Waals surface area contributed by atoms with E-state index in [2.05, 4.69) is 42.8 Å². The predicted molar refractivity (Wildman–Crippen MR) is 85.0 cm³/mol. The summed E-state index contributed by atoms with van der Waals surface area (Å²) in [6.45, 7) is 14.6. The van der Waals surface area contributed by atoms with Gasteiger partial charge in [-0.3, -0.25) is 9.80 Å². The monoisotopic (exact) mass is 279 g/mol. The molecule has 0 aromatic rings. The van der Waals surface area contributed by atoms with E-state index in [4.69, 9.17) is 0 Å². The minimum absolute atomic E-state index is 0.271. The van der Waals surface area contributed by atoms with Crippen LogP contribution in [0.25, 0.3) is 0 Å². The zero-order valence-electron chi connectivity index (χ0n) is 13.9. The molecule has 0 spiro atoms. The third-order valence-corrected chi connectivity index (χ3v) is 5.81. The molecule has 3 unspecified atom stereocenters. The van der Waals surface area contributed by atoms with Crippen molar-refractivity contribution in [1.29, 1.82) is 0 Å². The number of piperidine rings is 1. The van der Waals surface area contributed by atoms with Crippen LogP contribution in [0.3, 0.4) is 0 Å². The molecule has 1 N–H and O–H groups in total. The lowest BCUT2D eigenvalue weighted by atomic mass is 9.88. The van der Waals surface area contributed by atoms with E-state index < -0.39 is 0 Å². The molecule has 20 heavy (non-hydrogen) atoms. The normalized spacial score (nSPS) is 39.1. The number of hydrogen-bond donors (Lipinski definition) is 1. The van der Waals surface area contributed by atoms with Crippen LogP contribution < -0.4 is 5.32 Å². The highest BCUT2D eigenvalue weighted by atomic mass is 15.3. The first-order chi connectivity index (χ1) is 9.48. The van der Waals surface area contributed by atoms with E-state index in [-0.39, 0.29) is 5.54 Å². The summed E-state index contributed by atoms with van der Waals surface area (Å²) in [7, 11) is 0. The van der Waals surface area contributed by atoms with Crippen molar-refractivity contribution in [3.05, 3.63) is 0 Å². The van der Waals surface area contributed by atoms with E-state index >= 15 is 0 Å². The van der Waals surface area contributed by atoms with Gasteiger partial charge in [0.1, 0.15) is 0 Å². The first-order valence-corrected chi connectivity index (χ1v) is 8.73. The summed E-state index contributed by atoms with van der Waals surface area (Å²) in [4.78, 5) is 5.66. The van der Waals surface area contributed by atoms with Crippen LogP contribution in [0.2, 0.25) is 0 Å². The van der Waals surface area contributed by atoms with Gasteiger partial charge >= 0.3 is 0 Å². The summed E-state index contributed by atoms with van der Waals surface area (Å²) >= 11 is 0. The highest BCUT2D eigenvalue weighted by Gasteiger charge is 2.44. The molecule has 3 aliphatic heterocycles. The van der Waals surface area contributed by atoms with Gasteiger partial charge in [-0.1, -0.05) is 20.3 Å². The number of hydrogen-bond acceptors (Lipinski definition) is 3. The minimum Gasteiger partial charge on any atom is -0.309 e. The molecule has 116 valence electrons. The smallest absolute Gasteiger partial charge is 0.0268 e. The number of nitrogens with zero attached hydrogens (tertiary/aromatic N) is 2. The van der Waals surface area contributed by atoms with E-state index in [1.165, 1.54) is 45.3 Å². The predicted octanol–water partition coefficient (Wildman–Crippen LogP) is 2.32. The molecule has 0 aromatic heterocycles. The van der Waals surface area contributed by atoms with Gasteiger partial charge in [0.05, 0.1) is 0 Å². The van der Waals surface area contributed by atoms with Crippen molar-refractivity contribution in [3.8, 4) is 0 Å². The topological polar surface area (TPSA) is 18.5 Å². The van der Waals surface area contributed by atoms with Gasteiger partial charge in [0.2, 0.25) is 0 Å². The molecule has 3 heteroatoms. The molecular weight excluding hydrogens is 246 g/mol. The van der Waals surface area contributed by atoms with Crippen LogP contribution >= 0.6 is 0 Å². The zero-order chi connectivity index (χ0) is 14.3. The van der Waals surface area contributed by atoms with Gasteiger partial charge in [0, 0.05) is 43.3 Å². The van der Waals surface area contributed by atoms with Gasteiger partial charge in [0.15, 0.2) is 0 Å². The Balaban J connectivity index is 1.77. The van der Waals surface area contributed by atoms with E-state index in [0.29, 0.717) is 0 Å². The quantitative estimate of drug-likeness (QED) is 0.837. The van der Waals surface area contributed by atoms with Crippen molar-refractivity contribution in [3.63, 3.8) is 0 Å². The second-order valence-electron chi connectivity index (χ2n) is 8.20. The molecule has 3 heterocycles. The van der Waals surface area contributed by atoms with Crippen LogP contribution in [0.4, 0.5) is 0 Å². The lowest BCUT2D eigenvalue weighted by Crippen LogP contribution is -2.66. The minimum atomic E-state index is 0.271. The Morgan fingerprint density at radius 2 is 1.85 bits per heavy atom. The summed E-state index contributed by atoms with van der Waals surface area (Å²) in [6, 6.07) is 2.37. The molecule has 0 aliphatic carbocycles. The van der Waals surface area contributed by atoms with Crippen molar-refractivity contribution in [2.45, 2.75) is 77.0 Å². The fourth-order valence-electron chi connectivity index (χ4n) is 4.72. The summed E-state index contributed by atoms with van der Waals surface area (Å²) in [5, 5.41) is 3.76.